The van der Waals surface area contributed by atoms with E-state index in [1.165, 1.54) is 0 Å². The van der Waals surface area contributed by atoms with Crippen LogP contribution < -0.4 is 5.73 Å². The van der Waals surface area contributed by atoms with Crippen molar-refractivity contribution in [1.82, 2.24) is 9.97 Å². The van der Waals surface area contributed by atoms with Gasteiger partial charge >= 0.3 is 0 Å². The summed E-state index contributed by atoms with van der Waals surface area (Å²) in [6.45, 7) is 2.39. The summed E-state index contributed by atoms with van der Waals surface area (Å²) < 4.78 is 0. The molecule has 0 radical (unpaired) electrons. The van der Waals surface area contributed by atoms with Crippen molar-refractivity contribution in [3.8, 4) is 0 Å². The number of nitrogens with two attached hydrogens (primary N) is 1. The van der Waals surface area contributed by atoms with Gasteiger partial charge in [-0.1, -0.05) is 11.6 Å². The zero-order valence-electron chi connectivity index (χ0n) is 7.26. The molecule has 0 unspecified atom stereocenters. The first-order chi connectivity index (χ1) is 6.20. The van der Waals surface area contributed by atoms with Crippen molar-refractivity contribution in [2.45, 2.75) is 13.5 Å². The molecular formula is C9H10ClN3. The van der Waals surface area contributed by atoms with Crippen LogP contribution >= 0.6 is 11.6 Å². The zero-order chi connectivity index (χ0) is 9.42. The lowest BCUT2D eigenvalue weighted by atomic mass is 10.2. The highest BCUT2D eigenvalue weighted by atomic mass is 35.5. The summed E-state index contributed by atoms with van der Waals surface area (Å²) in [4.78, 5) is 7.38. The van der Waals surface area contributed by atoms with Crippen LogP contribution in [0.2, 0.25) is 5.02 Å². The molecule has 68 valence electrons. The van der Waals surface area contributed by atoms with E-state index in [9.17, 15) is 0 Å². The molecule has 1 aromatic heterocycles. The molecule has 0 spiro atoms. The topological polar surface area (TPSA) is 54.7 Å². The van der Waals surface area contributed by atoms with Crippen molar-refractivity contribution in [1.29, 1.82) is 0 Å². The second kappa shape index (κ2) is 3.01. The van der Waals surface area contributed by atoms with Crippen LogP contribution in [0.15, 0.2) is 12.1 Å². The molecule has 1 heterocycles. The van der Waals surface area contributed by atoms with Gasteiger partial charge in [0.15, 0.2) is 0 Å². The standard InChI is InChI=1S/C9H10ClN3/c1-5-12-8-3-6(4-11)2-7(10)9(8)13-5/h2-3H,4,11H2,1H3,(H,12,13). The van der Waals surface area contributed by atoms with E-state index in [0.717, 1.165) is 22.4 Å². The Bertz CT molecular complexity index is 447. The molecule has 0 saturated heterocycles. The number of aryl methyl sites for hydroxylation is 1. The number of hydrogen-bond donors (Lipinski definition) is 2. The molecule has 0 bridgehead atoms. The summed E-state index contributed by atoms with van der Waals surface area (Å²) in [5.41, 5.74) is 8.29. The van der Waals surface area contributed by atoms with Crippen LogP contribution in [-0.4, -0.2) is 9.97 Å². The highest BCUT2D eigenvalue weighted by Crippen LogP contribution is 2.23. The predicted octanol–water partition coefficient (Wildman–Crippen LogP) is 1.98. The summed E-state index contributed by atoms with van der Waals surface area (Å²) in [5, 5.41) is 0.679. The van der Waals surface area contributed by atoms with Crippen LogP contribution in [0.1, 0.15) is 11.4 Å². The van der Waals surface area contributed by atoms with Crippen LogP contribution in [-0.2, 0) is 6.54 Å². The van der Waals surface area contributed by atoms with Gasteiger partial charge in [-0.05, 0) is 24.6 Å². The van der Waals surface area contributed by atoms with Crippen molar-refractivity contribution < 1.29 is 0 Å². The summed E-state index contributed by atoms with van der Waals surface area (Å²) in [6, 6.07) is 3.81. The molecule has 0 atom stereocenters. The van der Waals surface area contributed by atoms with Crippen LogP contribution in [0.5, 0.6) is 0 Å². The zero-order valence-corrected chi connectivity index (χ0v) is 8.02. The number of halogens is 1. The van der Waals surface area contributed by atoms with Crippen molar-refractivity contribution in [3.63, 3.8) is 0 Å². The number of fused-ring (bicyclic) bond motifs is 1. The highest BCUT2D eigenvalue weighted by molar-refractivity contribution is 6.35. The third-order valence-electron chi connectivity index (χ3n) is 1.96. The van der Waals surface area contributed by atoms with E-state index in [4.69, 9.17) is 17.3 Å². The Balaban J connectivity index is 2.75. The number of nitrogens with zero attached hydrogens (tertiary/aromatic N) is 1. The van der Waals surface area contributed by atoms with Gasteiger partial charge in [-0.25, -0.2) is 4.98 Å². The average Bonchev–Trinajstić information content (AvgIpc) is 2.46. The third kappa shape index (κ3) is 1.41. The second-order valence-corrected chi connectivity index (χ2v) is 3.41. The number of H-pyrrole nitrogens is 1. The Morgan fingerprint density at radius 3 is 3.00 bits per heavy atom. The number of hydrogen-bond acceptors (Lipinski definition) is 2. The highest BCUT2D eigenvalue weighted by Gasteiger charge is 2.05. The van der Waals surface area contributed by atoms with E-state index in [2.05, 4.69) is 9.97 Å². The Hall–Kier alpha value is -1.06. The van der Waals surface area contributed by atoms with Crippen molar-refractivity contribution in [3.05, 3.63) is 28.5 Å². The van der Waals surface area contributed by atoms with E-state index in [1.807, 2.05) is 19.1 Å². The van der Waals surface area contributed by atoms with Crippen LogP contribution in [0, 0.1) is 6.92 Å². The van der Waals surface area contributed by atoms with E-state index in [0.29, 0.717) is 11.6 Å². The minimum Gasteiger partial charge on any atom is -0.341 e. The van der Waals surface area contributed by atoms with Gasteiger partial charge in [0.2, 0.25) is 0 Å². The van der Waals surface area contributed by atoms with Gasteiger partial charge in [0.1, 0.15) is 5.82 Å². The van der Waals surface area contributed by atoms with Gasteiger partial charge in [0.05, 0.1) is 16.1 Å². The predicted molar refractivity (Wildman–Crippen MR) is 53.7 cm³/mol. The molecule has 0 saturated carbocycles. The molecule has 2 aromatic rings. The number of benzene rings is 1. The fourth-order valence-corrected chi connectivity index (χ4v) is 1.65. The molecule has 0 amide bonds. The molecule has 0 fully saturated rings. The molecular weight excluding hydrogens is 186 g/mol. The van der Waals surface area contributed by atoms with Gasteiger partial charge in [-0.2, -0.15) is 0 Å². The Morgan fingerprint density at radius 2 is 2.31 bits per heavy atom. The maximum absolute atomic E-state index is 6.03. The first-order valence-electron chi connectivity index (χ1n) is 4.05. The van der Waals surface area contributed by atoms with Gasteiger partial charge < -0.3 is 10.7 Å². The minimum atomic E-state index is 0.488. The van der Waals surface area contributed by atoms with Crippen molar-refractivity contribution >= 4 is 22.6 Å². The van der Waals surface area contributed by atoms with Crippen LogP contribution in [0.4, 0.5) is 0 Å². The molecule has 0 aliphatic rings. The lowest BCUT2D eigenvalue weighted by Crippen LogP contribution is -1.95. The van der Waals surface area contributed by atoms with E-state index < -0.39 is 0 Å². The molecule has 4 heteroatoms. The summed E-state index contributed by atoms with van der Waals surface area (Å²) >= 11 is 6.03. The first-order valence-corrected chi connectivity index (χ1v) is 4.43. The lowest BCUT2D eigenvalue weighted by Gasteiger charge is -1.97. The largest absolute Gasteiger partial charge is 0.341 e. The molecule has 3 N–H and O–H groups in total. The molecule has 2 rings (SSSR count). The number of nitrogens with one attached hydrogen (secondary N) is 1. The minimum absolute atomic E-state index is 0.488. The summed E-state index contributed by atoms with van der Waals surface area (Å²) in [6.07, 6.45) is 0. The summed E-state index contributed by atoms with van der Waals surface area (Å²) in [7, 11) is 0. The lowest BCUT2D eigenvalue weighted by molar-refractivity contribution is 1.07. The quantitative estimate of drug-likeness (QED) is 0.731. The Kier molecular flexibility index (Phi) is 1.98. The maximum Gasteiger partial charge on any atom is 0.104 e. The molecule has 13 heavy (non-hydrogen) atoms. The number of rotatable bonds is 1. The first kappa shape index (κ1) is 8.53. The SMILES string of the molecule is Cc1nc2cc(CN)cc(Cl)c2[nH]1. The summed E-state index contributed by atoms with van der Waals surface area (Å²) in [5.74, 6) is 0.867. The van der Waals surface area contributed by atoms with Crippen LogP contribution in [0.3, 0.4) is 0 Å². The molecule has 0 aliphatic heterocycles. The number of aromatic nitrogens is 2. The van der Waals surface area contributed by atoms with E-state index in [1.54, 1.807) is 0 Å². The Morgan fingerprint density at radius 1 is 1.54 bits per heavy atom. The van der Waals surface area contributed by atoms with Crippen LogP contribution in [0.25, 0.3) is 11.0 Å². The van der Waals surface area contributed by atoms with E-state index in [-0.39, 0.29) is 0 Å². The normalized spacial score (nSPS) is 11.0. The van der Waals surface area contributed by atoms with Gasteiger partial charge in [-0.3, -0.25) is 0 Å². The number of imidazole rings is 1. The van der Waals surface area contributed by atoms with Gasteiger partial charge in [-0.15, -0.1) is 0 Å². The second-order valence-electron chi connectivity index (χ2n) is 3.00. The molecule has 0 aliphatic carbocycles. The Labute approximate surface area is 80.9 Å². The molecule has 3 nitrogen and oxygen atoms in total. The third-order valence-corrected chi connectivity index (χ3v) is 2.26. The van der Waals surface area contributed by atoms with E-state index >= 15 is 0 Å². The average molecular weight is 196 g/mol. The van der Waals surface area contributed by atoms with Gasteiger partial charge in [0, 0.05) is 6.54 Å². The van der Waals surface area contributed by atoms with Gasteiger partial charge in [0.25, 0.3) is 0 Å². The van der Waals surface area contributed by atoms with Crippen molar-refractivity contribution in [2.75, 3.05) is 0 Å². The maximum atomic E-state index is 6.03. The molecule has 1 aromatic carbocycles. The van der Waals surface area contributed by atoms with Crippen molar-refractivity contribution in [2.24, 2.45) is 5.73 Å². The fourth-order valence-electron chi connectivity index (χ4n) is 1.37. The fraction of sp³-hybridized carbons (Fsp3) is 0.222. The number of aromatic amines is 1. The smallest absolute Gasteiger partial charge is 0.104 e. The monoisotopic (exact) mass is 195 g/mol.